The average Bonchev–Trinajstić information content (AvgIpc) is 3.12. The van der Waals surface area contributed by atoms with Gasteiger partial charge in [0, 0.05) is 4.88 Å². The van der Waals surface area contributed by atoms with Gasteiger partial charge in [-0.3, -0.25) is 14.2 Å². The Morgan fingerprint density at radius 2 is 1.74 bits per heavy atom. The van der Waals surface area contributed by atoms with E-state index in [0.29, 0.717) is 21.1 Å². The van der Waals surface area contributed by atoms with Gasteiger partial charge in [-0.25, -0.2) is 4.98 Å². The summed E-state index contributed by atoms with van der Waals surface area (Å²) in [5.41, 5.74) is 6.88. The van der Waals surface area contributed by atoms with Gasteiger partial charge in [-0.15, -0.1) is 11.3 Å². The standard InChI is InChI=1S/C20H15N3O2S2/c21-17(24)12-26-20-22-18-15(11-16(27-18)13-7-3-1-4-8-13)19(25)23(20)14-9-5-2-6-10-14/h1-11H,12H2,(H2,21,24). The second kappa shape index (κ2) is 7.38. The van der Waals surface area contributed by atoms with Crippen LogP contribution in [0.25, 0.3) is 26.3 Å². The van der Waals surface area contributed by atoms with E-state index in [2.05, 4.69) is 4.98 Å². The van der Waals surface area contributed by atoms with Crippen molar-refractivity contribution in [1.29, 1.82) is 0 Å². The Kier molecular flexibility index (Phi) is 4.79. The molecule has 7 heteroatoms. The Morgan fingerprint density at radius 3 is 2.41 bits per heavy atom. The molecule has 0 radical (unpaired) electrons. The Labute approximate surface area is 163 Å². The number of carbonyl (C=O) groups is 1. The number of nitrogens with zero attached hydrogens (tertiary/aromatic N) is 2. The first-order chi connectivity index (χ1) is 13.1. The molecule has 4 aromatic rings. The number of benzene rings is 2. The van der Waals surface area contributed by atoms with Gasteiger partial charge in [0.25, 0.3) is 5.56 Å². The van der Waals surface area contributed by atoms with Crippen molar-refractivity contribution in [2.24, 2.45) is 5.73 Å². The monoisotopic (exact) mass is 393 g/mol. The van der Waals surface area contributed by atoms with E-state index in [1.807, 2.05) is 66.7 Å². The summed E-state index contributed by atoms with van der Waals surface area (Å²) in [7, 11) is 0. The van der Waals surface area contributed by atoms with Crippen LogP contribution < -0.4 is 11.3 Å². The van der Waals surface area contributed by atoms with Crippen LogP contribution in [0.15, 0.2) is 76.7 Å². The topological polar surface area (TPSA) is 78.0 Å². The van der Waals surface area contributed by atoms with Gasteiger partial charge in [0.05, 0.1) is 16.8 Å². The van der Waals surface area contributed by atoms with Crippen molar-refractivity contribution < 1.29 is 4.79 Å². The molecule has 0 fully saturated rings. The third-order valence-corrected chi connectivity index (χ3v) is 5.99. The van der Waals surface area contributed by atoms with Crippen LogP contribution in [-0.4, -0.2) is 21.2 Å². The third kappa shape index (κ3) is 3.51. The molecule has 2 heterocycles. The van der Waals surface area contributed by atoms with Crippen LogP contribution in [0.2, 0.25) is 0 Å². The highest BCUT2D eigenvalue weighted by atomic mass is 32.2. The SMILES string of the molecule is NC(=O)CSc1nc2sc(-c3ccccc3)cc2c(=O)n1-c1ccccc1. The molecule has 0 unspecified atom stereocenters. The van der Waals surface area contributed by atoms with Crippen LogP contribution in [0, 0.1) is 0 Å². The molecule has 2 aromatic heterocycles. The molecule has 0 saturated carbocycles. The van der Waals surface area contributed by atoms with Gasteiger partial charge in [0.1, 0.15) is 4.83 Å². The lowest BCUT2D eigenvalue weighted by molar-refractivity contribution is -0.115. The fraction of sp³-hybridized carbons (Fsp3) is 0.0500. The predicted octanol–water partition coefficient (Wildman–Crippen LogP) is 3.69. The van der Waals surface area contributed by atoms with E-state index in [4.69, 9.17) is 5.73 Å². The third-order valence-electron chi connectivity index (χ3n) is 3.95. The second-order valence-electron chi connectivity index (χ2n) is 5.82. The molecule has 0 spiro atoms. The van der Waals surface area contributed by atoms with Crippen molar-refractivity contribution in [2.45, 2.75) is 5.16 Å². The van der Waals surface area contributed by atoms with Gasteiger partial charge in [-0.2, -0.15) is 0 Å². The summed E-state index contributed by atoms with van der Waals surface area (Å²) in [6.45, 7) is 0. The average molecular weight is 393 g/mol. The van der Waals surface area contributed by atoms with Gasteiger partial charge in [0.2, 0.25) is 5.91 Å². The number of fused-ring (bicyclic) bond motifs is 1. The summed E-state index contributed by atoms with van der Waals surface area (Å²) in [5, 5.41) is 1.02. The molecule has 27 heavy (non-hydrogen) atoms. The number of aromatic nitrogens is 2. The second-order valence-corrected chi connectivity index (χ2v) is 7.79. The van der Waals surface area contributed by atoms with Gasteiger partial charge in [-0.05, 0) is 23.8 Å². The van der Waals surface area contributed by atoms with E-state index in [0.717, 1.165) is 10.4 Å². The lowest BCUT2D eigenvalue weighted by Crippen LogP contribution is -2.22. The largest absolute Gasteiger partial charge is 0.369 e. The first-order valence-corrected chi connectivity index (χ1v) is 10.0. The lowest BCUT2D eigenvalue weighted by Gasteiger charge is -2.11. The van der Waals surface area contributed by atoms with Gasteiger partial charge < -0.3 is 5.73 Å². The molecule has 2 aromatic carbocycles. The zero-order valence-electron chi connectivity index (χ0n) is 14.2. The van der Waals surface area contributed by atoms with Crippen LogP contribution >= 0.6 is 23.1 Å². The van der Waals surface area contributed by atoms with Crippen molar-refractivity contribution >= 4 is 39.2 Å². The Hall–Kier alpha value is -2.90. The number of carbonyl (C=O) groups excluding carboxylic acids is 1. The molecule has 5 nitrogen and oxygen atoms in total. The van der Waals surface area contributed by atoms with Crippen LogP contribution in [-0.2, 0) is 4.79 Å². The molecule has 0 aliphatic carbocycles. The number of primary amides is 1. The normalized spacial score (nSPS) is 11.0. The number of nitrogens with two attached hydrogens (primary N) is 1. The zero-order chi connectivity index (χ0) is 18.8. The molecule has 4 rings (SSSR count). The summed E-state index contributed by atoms with van der Waals surface area (Å²) >= 11 is 2.63. The molecule has 2 N–H and O–H groups in total. The number of rotatable bonds is 5. The summed E-state index contributed by atoms with van der Waals surface area (Å²) < 4.78 is 1.54. The minimum atomic E-state index is -0.454. The highest BCUT2D eigenvalue weighted by Crippen LogP contribution is 2.32. The van der Waals surface area contributed by atoms with Crippen molar-refractivity contribution in [3.8, 4) is 16.1 Å². The smallest absolute Gasteiger partial charge is 0.267 e. The maximum atomic E-state index is 13.2. The molecule has 0 saturated heterocycles. The van der Waals surface area contributed by atoms with Crippen LogP contribution in [0.5, 0.6) is 0 Å². The maximum absolute atomic E-state index is 13.2. The zero-order valence-corrected chi connectivity index (χ0v) is 15.8. The van der Waals surface area contributed by atoms with Gasteiger partial charge >= 0.3 is 0 Å². The highest BCUT2D eigenvalue weighted by Gasteiger charge is 2.17. The Balaban J connectivity index is 1.93. The molecule has 0 aliphatic rings. The van der Waals surface area contributed by atoms with Crippen molar-refractivity contribution in [1.82, 2.24) is 9.55 Å². The first kappa shape index (κ1) is 17.5. The molecule has 0 bridgehead atoms. The minimum Gasteiger partial charge on any atom is -0.369 e. The highest BCUT2D eigenvalue weighted by molar-refractivity contribution is 7.99. The Morgan fingerprint density at radius 1 is 1.07 bits per heavy atom. The van der Waals surface area contributed by atoms with Crippen LogP contribution in [0.4, 0.5) is 0 Å². The van der Waals surface area contributed by atoms with E-state index in [1.54, 1.807) is 0 Å². The Bertz CT molecular complexity index is 1170. The quantitative estimate of drug-likeness (QED) is 0.414. The minimum absolute atomic E-state index is 0.0572. The van der Waals surface area contributed by atoms with Crippen molar-refractivity contribution in [3.05, 3.63) is 77.1 Å². The molecule has 0 aliphatic heterocycles. The number of amides is 1. The van der Waals surface area contributed by atoms with E-state index in [9.17, 15) is 9.59 Å². The maximum Gasteiger partial charge on any atom is 0.267 e. The van der Waals surface area contributed by atoms with Crippen molar-refractivity contribution in [3.63, 3.8) is 0 Å². The van der Waals surface area contributed by atoms with E-state index in [1.165, 1.54) is 27.7 Å². The number of thioether (sulfide) groups is 1. The lowest BCUT2D eigenvalue weighted by atomic mass is 10.2. The summed E-state index contributed by atoms with van der Waals surface area (Å²) in [6.07, 6.45) is 0. The first-order valence-electron chi connectivity index (χ1n) is 8.22. The number of hydrogen-bond donors (Lipinski definition) is 1. The van der Waals surface area contributed by atoms with Gasteiger partial charge in [-0.1, -0.05) is 60.3 Å². The summed E-state index contributed by atoms with van der Waals surface area (Å²) in [4.78, 5) is 30.8. The van der Waals surface area contributed by atoms with E-state index < -0.39 is 5.91 Å². The number of hydrogen-bond acceptors (Lipinski definition) is 5. The van der Waals surface area contributed by atoms with Gasteiger partial charge in [0.15, 0.2) is 5.16 Å². The number of para-hydroxylation sites is 1. The summed E-state index contributed by atoms with van der Waals surface area (Å²) in [6, 6.07) is 21.0. The molecular formula is C20H15N3O2S2. The summed E-state index contributed by atoms with van der Waals surface area (Å²) in [5.74, 6) is -0.396. The van der Waals surface area contributed by atoms with E-state index in [-0.39, 0.29) is 11.3 Å². The molecule has 0 atom stereocenters. The fourth-order valence-corrected chi connectivity index (χ4v) is 4.57. The molecule has 134 valence electrons. The van der Waals surface area contributed by atoms with Crippen LogP contribution in [0.3, 0.4) is 0 Å². The fourth-order valence-electron chi connectivity index (χ4n) is 2.74. The van der Waals surface area contributed by atoms with Crippen LogP contribution in [0.1, 0.15) is 0 Å². The molecular weight excluding hydrogens is 378 g/mol. The van der Waals surface area contributed by atoms with Crippen molar-refractivity contribution in [2.75, 3.05) is 5.75 Å². The molecule has 1 amide bonds. The number of thiophene rings is 1. The predicted molar refractivity (Wildman–Crippen MR) is 111 cm³/mol. The van der Waals surface area contributed by atoms with E-state index >= 15 is 0 Å².